The zero-order valence-electron chi connectivity index (χ0n) is 11.5. The first-order valence-corrected chi connectivity index (χ1v) is 6.11. The molecule has 18 heavy (non-hydrogen) atoms. The van der Waals surface area contributed by atoms with Gasteiger partial charge in [0.15, 0.2) is 5.72 Å². The van der Waals surface area contributed by atoms with E-state index in [-0.39, 0.29) is 18.9 Å². The predicted molar refractivity (Wildman–Crippen MR) is 67.6 cm³/mol. The Morgan fingerprint density at radius 3 is 2.22 bits per heavy atom. The van der Waals surface area contributed by atoms with Gasteiger partial charge in [0.25, 0.3) is 0 Å². The Balaban J connectivity index is 4.83. The molecule has 0 aliphatic carbocycles. The van der Waals surface area contributed by atoms with Gasteiger partial charge in [-0.25, -0.2) is 0 Å². The molecule has 0 bridgehead atoms. The minimum absolute atomic E-state index is 0.00947. The molecule has 0 saturated heterocycles. The number of amides is 2. The molecule has 0 aliphatic rings. The second-order valence-electron chi connectivity index (χ2n) is 4.85. The average Bonchev–Trinajstić information content (AvgIpc) is 2.27. The number of rotatable bonds is 7. The summed E-state index contributed by atoms with van der Waals surface area (Å²) in [5, 5.41) is 24.1. The summed E-state index contributed by atoms with van der Waals surface area (Å²) < 4.78 is 0. The van der Waals surface area contributed by atoms with Crippen molar-refractivity contribution in [1.29, 1.82) is 0 Å². The lowest BCUT2D eigenvalue weighted by Gasteiger charge is -2.41. The highest BCUT2D eigenvalue weighted by Crippen LogP contribution is 2.31. The highest BCUT2D eigenvalue weighted by atomic mass is 16.3. The molecule has 0 spiro atoms. The zero-order valence-corrected chi connectivity index (χ0v) is 11.5. The van der Waals surface area contributed by atoms with Gasteiger partial charge in [0, 0.05) is 20.1 Å². The first kappa shape index (κ1) is 16.9. The van der Waals surface area contributed by atoms with Crippen molar-refractivity contribution in [2.45, 2.75) is 46.3 Å². The molecule has 6 nitrogen and oxygen atoms in total. The summed E-state index contributed by atoms with van der Waals surface area (Å²) >= 11 is 0. The minimum atomic E-state index is -1.60. The third kappa shape index (κ3) is 3.96. The van der Waals surface area contributed by atoms with E-state index in [1.807, 2.05) is 0 Å². The van der Waals surface area contributed by atoms with Gasteiger partial charge in [0.2, 0.25) is 11.8 Å². The standard InChI is InChI=1S/C12H24N2O4/c1-5-12(18,14-9(2)16)11(3,4)10(17)13-7-6-8-15/h15,18H,5-8H2,1-4H3,(H,13,17)(H,14,16). The van der Waals surface area contributed by atoms with Crippen molar-refractivity contribution in [2.24, 2.45) is 5.41 Å². The van der Waals surface area contributed by atoms with E-state index in [1.165, 1.54) is 6.92 Å². The summed E-state index contributed by atoms with van der Waals surface area (Å²) in [6, 6.07) is 0. The van der Waals surface area contributed by atoms with Gasteiger partial charge < -0.3 is 20.8 Å². The van der Waals surface area contributed by atoms with E-state index >= 15 is 0 Å². The lowest BCUT2D eigenvalue weighted by Crippen LogP contribution is -2.62. The number of nitrogens with one attached hydrogen (secondary N) is 2. The molecule has 0 aromatic carbocycles. The molecular weight excluding hydrogens is 236 g/mol. The van der Waals surface area contributed by atoms with Gasteiger partial charge in [-0.2, -0.15) is 0 Å². The highest BCUT2D eigenvalue weighted by molar-refractivity contribution is 5.84. The molecule has 0 radical (unpaired) electrons. The van der Waals surface area contributed by atoms with Gasteiger partial charge in [0.1, 0.15) is 0 Å². The van der Waals surface area contributed by atoms with Crippen molar-refractivity contribution in [1.82, 2.24) is 10.6 Å². The highest BCUT2D eigenvalue weighted by Gasteiger charge is 2.48. The molecule has 6 heteroatoms. The van der Waals surface area contributed by atoms with Crippen molar-refractivity contribution < 1.29 is 19.8 Å². The normalized spacial score (nSPS) is 14.8. The smallest absolute Gasteiger partial charge is 0.230 e. The van der Waals surface area contributed by atoms with Gasteiger partial charge in [-0.3, -0.25) is 9.59 Å². The zero-order chi connectivity index (χ0) is 14.4. The van der Waals surface area contributed by atoms with Gasteiger partial charge in [-0.15, -0.1) is 0 Å². The molecule has 106 valence electrons. The van der Waals surface area contributed by atoms with Crippen molar-refractivity contribution in [3.63, 3.8) is 0 Å². The maximum atomic E-state index is 12.0. The molecule has 4 N–H and O–H groups in total. The van der Waals surface area contributed by atoms with Crippen LogP contribution in [-0.2, 0) is 9.59 Å². The van der Waals surface area contributed by atoms with E-state index in [0.29, 0.717) is 13.0 Å². The molecule has 2 amide bonds. The van der Waals surface area contributed by atoms with E-state index in [2.05, 4.69) is 10.6 Å². The number of aliphatic hydroxyl groups excluding tert-OH is 1. The van der Waals surface area contributed by atoms with Crippen LogP contribution < -0.4 is 10.6 Å². The number of aliphatic hydroxyl groups is 2. The first-order valence-electron chi connectivity index (χ1n) is 6.11. The quantitative estimate of drug-likeness (QED) is 0.374. The van der Waals surface area contributed by atoms with Gasteiger partial charge in [0.05, 0.1) is 5.41 Å². The van der Waals surface area contributed by atoms with Gasteiger partial charge in [-0.1, -0.05) is 6.92 Å². The summed E-state index contributed by atoms with van der Waals surface area (Å²) in [5.74, 6) is -0.760. The van der Waals surface area contributed by atoms with E-state index in [9.17, 15) is 14.7 Å². The lowest BCUT2D eigenvalue weighted by atomic mass is 9.78. The molecule has 0 saturated carbocycles. The maximum Gasteiger partial charge on any atom is 0.230 e. The van der Waals surface area contributed by atoms with Gasteiger partial charge >= 0.3 is 0 Å². The molecule has 0 heterocycles. The number of carbonyl (C=O) groups is 2. The van der Waals surface area contributed by atoms with E-state index < -0.39 is 17.0 Å². The summed E-state index contributed by atoms with van der Waals surface area (Å²) in [6.45, 7) is 6.45. The second-order valence-corrected chi connectivity index (χ2v) is 4.85. The predicted octanol–water partition coefficient (Wildman–Crippen LogP) is -0.254. The largest absolute Gasteiger partial charge is 0.396 e. The topological polar surface area (TPSA) is 98.7 Å². The summed E-state index contributed by atoms with van der Waals surface area (Å²) in [4.78, 5) is 23.1. The van der Waals surface area contributed by atoms with Crippen LogP contribution in [0.5, 0.6) is 0 Å². The minimum Gasteiger partial charge on any atom is -0.396 e. The van der Waals surface area contributed by atoms with Crippen LogP contribution in [0, 0.1) is 5.41 Å². The average molecular weight is 260 g/mol. The third-order valence-corrected chi connectivity index (χ3v) is 3.12. The monoisotopic (exact) mass is 260 g/mol. The fraction of sp³-hybridized carbons (Fsp3) is 0.833. The Hall–Kier alpha value is -1.14. The van der Waals surface area contributed by atoms with Crippen molar-refractivity contribution >= 4 is 11.8 Å². The second kappa shape index (κ2) is 6.70. The number of hydrogen-bond donors (Lipinski definition) is 4. The number of hydrogen-bond acceptors (Lipinski definition) is 4. The van der Waals surface area contributed by atoms with Crippen LogP contribution in [0.1, 0.15) is 40.5 Å². The summed E-state index contributed by atoms with van der Waals surface area (Å²) in [6.07, 6.45) is 0.666. The molecule has 0 fully saturated rings. The van der Waals surface area contributed by atoms with Crippen LogP contribution >= 0.6 is 0 Å². The molecule has 0 aromatic heterocycles. The Kier molecular flexibility index (Phi) is 6.28. The van der Waals surface area contributed by atoms with Crippen LogP contribution in [0.15, 0.2) is 0 Å². The number of carbonyl (C=O) groups excluding carboxylic acids is 2. The Morgan fingerprint density at radius 1 is 1.28 bits per heavy atom. The van der Waals surface area contributed by atoms with Crippen LogP contribution in [0.4, 0.5) is 0 Å². The maximum absolute atomic E-state index is 12.0. The van der Waals surface area contributed by atoms with Crippen molar-refractivity contribution in [3.8, 4) is 0 Å². The first-order chi connectivity index (χ1) is 8.21. The molecule has 0 aromatic rings. The Bertz CT molecular complexity index is 304. The van der Waals surface area contributed by atoms with Crippen LogP contribution in [-0.4, -0.2) is 40.9 Å². The Morgan fingerprint density at radius 2 is 1.83 bits per heavy atom. The van der Waals surface area contributed by atoms with Crippen LogP contribution in [0.25, 0.3) is 0 Å². The molecule has 1 unspecified atom stereocenters. The fourth-order valence-electron chi connectivity index (χ4n) is 1.67. The third-order valence-electron chi connectivity index (χ3n) is 3.12. The van der Waals surface area contributed by atoms with E-state index in [1.54, 1.807) is 20.8 Å². The molecule has 0 rings (SSSR count). The van der Waals surface area contributed by atoms with Crippen LogP contribution in [0.3, 0.4) is 0 Å². The van der Waals surface area contributed by atoms with E-state index in [0.717, 1.165) is 0 Å². The molecule has 1 atom stereocenters. The van der Waals surface area contributed by atoms with Gasteiger partial charge in [-0.05, 0) is 26.7 Å². The fourth-order valence-corrected chi connectivity index (χ4v) is 1.67. The molecular formula is C12H24N2O4. The molecule has 0 aliphatic heterocycles. The van der Waals surface area contributed by atoms with Crippen molar-refractivity contribution in [2.75, 3.05) is 13.2 Å². The Labute approximate surface area is 108 Å². The summed E-state index contributed by atoms with van der Waals surface area (Å²) in [7, 11) is 0. The van der Waals surface area contributed by atoms with Crippen LogP contribution in [0.2, 0.25) is 0 Å². The summed E-state index contributed by atoms with van der Waals surface area (Å²) in [5.41, 5.74) is -2.76. The van der Waals surface area contributed by atoms with E-state index in [4.69, 9.17) is 5.11 Å². The van der Waals surface area contributed by atoms with Crippen molar-refractivity contribution in [3.05, 3.63) is 0 Å². The SMILES string of the molecule is CCC(O)(NC(C)=O)C(C)(C)C(=O)NCCCO. The lowest BCUT2D eigenvalue weighted by molar-refractivity contribution is -0.157.